The summed E-state index contributed by atoms with van der Waals surface area (Å²) in [5.74, 6) is -0.521. The Morgan fingerprint density at radius 1 is 1.21 bits per heavy atom. The molecule has 3 heterocycles. The van der Waals surface area contributed by atoms with E-state index < -0.39 is 12.1 Å². The van der Waals surface area contributed by atoms with Crippen molar-refractivity contribution in [3.8, 4) is 6.07 Å². The zero-order chi connectivity index (χ0) is 19.7. The fraction of sp³-hybridized carbons (Fsp3) is 0.300. The molecule has 7 nitrogen and oxygen atoms in total. The van der Waals surface area contributed by atoms with Gasteiger partial charge in [-0.2, -0.15) is 5.26 Å². The molecular formula is C20H18N4O3S. The molecule has 4 rings (SSSR count). The average molecular weight is 394 g/mol. The van der Waals surface area contributed by atoms with Gasteiger partial charge >= 0.3 is 0 Å². The minimum absolute atomic E-state index is 0.0940. The average Bonchev–Trinajstić information content (AvgIpc) is 3.24. The number of rotatable bonds is 3. The number of hydrogen-bond donors (Lipinski definition) is 1. The Kier molecular flexibility index (Phi) is 4.84. The molecule has 3 amide bonds. The van der Waals surface area contributed by atoms with E-state index in [2.05, 4.69) is 5.32 Å². The summed E-state index contributed by atoms with van der Waals surface area (Å²) in [5.41, 5.74) is 0.945. The van der Waals surface area contributed by atoms with Crippen LogP contribution in [0.5, 0.6) is 0 Å². The zero-order valence-electron chi connectivity index (χ0n) is 15.0. The minimum Gasteiger partial charge on any atom is -0.342 e. The molecule has 0 radical (unpaired) electrons. The first-order valence-electron chi connectivity index (χ1n) is 8.99. The van der Waals surface area contributed by atoms with Crippen LogP contribution in [0.25, 0.3) is 0 Å². The second-order valence-electron chi connectivity index (χ2n) is 6.83. The predicted octanol–water partition coefficient (Wildman–Crippen LogP) is 1.01. The summed E-state index contributed by atoms with van der Waals surface area (Å²) < 4.78 is 0. The lowest BCUT2D eigenvalue weighted by Gasteiger charge is -2.45. The Balaban J connectivity index is 1.45. The number of carbonyl (C=O) groups is 3. The lowest BCUT2D eigenvalue weighted by atomic mass is 10.0. The molecule has 2 aliphatic rings. The van der Waals surface area contributed by atoms with Crippen LogP contribution in [0.3, 0.4) is 0 Å². The number of nitriles is 1. The number of nitrogens with one attached hydrogen (secondary N) is 1. The van der Waals surface area contributed by atoms with Crippen LogP contribution in [0.4, 0.5) is 0 Å². The van der Waals surface area contributed by atoms with Crippen molar-refractivity contribution in [2.24, 2.45) is 0 Å². The molecular weight excluding hydrogens is 376 g/mol. The van der Waals surface area contributed by atoms with Gasteiger partial charge in [0.2, 0.25) is 11.8 Å². The zero-order valence-corrected chi connectivity index (χ0v) is 15.8. The van der Waals surface area contributed by atoms with Crippen LogP contribution in [0.2, 0.25) is 0 Å². The van der Waals surface area contributed by atoms with Gasteiger partial charge in [0.25, 0.3) is 5.91 Å². The number of thiophene rings is 1. The van der Waals surface area contributed by atoms with E-state index in [1.165, 1.54) is 0 Å². The van der Waals surface area contributed by atoms with Crippen molar-refractivity contribution in [2.45, 2.75) is 18.5 Å². The van der Waals surface area contributed by atoms with Gasteiger partial charge in [-0.05, 0) is 35.7 Å². The van der Waals surface area contributed by atoms with E-state index in [-0.39, 0.29) is 24.3 Å². The van der Waals surface area contributed by atoms with Crippen LogP contribution in [0.15, 0.2) is 41.8 Å². The molecule has 2 aliphatic heterocycles. The number of benzene rings is 1. The molecule has 2 aromatic rings. The molecule has 8 heteroatoms. The summed E-state index contributed by atoms with van der Waals surface area (Å²) in [6.45, 7) is 0.877. The minimum atomic E-state index is -0.664. The van der Waals surface area contributed by atoms with Crippen LogP contribution in [0.1, 0.15) is 20.8 Å². The van der Waals surface area contributed by atoms with Crippen LogP contribution in [-0.2, 0) is 16.0 Å². The summed E-state index contributed by atoms with van der Waals surface area (Å²) in [7, 11) is 0. The summed E-state index contributed by atoms with van der Waals surface area (Å²) in [4.78, 5) is 42.4. The molecule has 2 fully saturated rings. The number of hydrogen-bond acceptors (Lipinski definition) is 5. The lowest BCUT2D eigenvalue weighted by molar-refractivity contribution is -0.152. The van der Waals surface area contributed by atoms with Crippen molar-refractivity contribution in [1.82, 2.24) is 15.1 Å². The highest BCUT2D eigenvalue weighted by Crippen LogP contribution is 2.21. The van der Waals surface area contributed by atoms with Crippen LogP contribution in [0, 0.1) is 11.3 Å². The van der Waals surface area contributed by atoms with Gasteiger partial charge in [-0.25, -0.2) is 0 Å². The van der Waals surface area contributed by atoms with Crippen molar-refractivity contribution < 1.29 is 14.4 Å². The van der Waals surface area contributed by atoms with Crippen LogP contribution >= 0.6 is 11.3 Å². The SMILES string of the molecule is N#Cc1ccc(C(=O)N2CCN3C(=O)[C@@H](Cc4cccs4)NC(=O)[C@H]3C2)cc1. The van der Waals surface area contributed by atoms with Gasteiger partial charge in [0, 0.05) is 30.0 Å². The number of piperazine rings is 2. The molecule has 1 aromatic heterocycles. The summed E-state index contributed by atoms with van der Waals surface area (Å²) in [6, 6.07) is 11.1. The summed E-state index contributed by atoms with van der Waals surface area (Å²) in [5, 5.41) is 13.6. The Morgan fingerprint density at radius 3 is 2.68 bits per heavy atom. The van der Waals surface area contributed by atoms with Crippen molar-refractivity contribution in [2.75, 3.05) is 19.6 Å². The van der Waals surface area contributed by atoms with Gasteiger partial charge in [-0.1, -0.05) is 6.07 Å². The Labute approximate surface area is 166 Å². The Morgan fingerprint density at radius 2 is 2.00 bits per heavy atom. The maximum Gasteiger partial charge on any atom is 0.253 e. The maximum absolute atomic E-state index is 12.8. The Bertz CT molecular complexity index is 949. The molecule has 1 aromatic carbocycles. The smallest absolute Gasteiger partial charge is 0.253 e. The number of nitrogens with zero attached hydrogens (tertiary/aromatic N) is 3. The van der Waals surface area contributed by atoms with Crippen molar-refractivity contribution >= 4 is 29.1 Å². The molecule has 2 saturated heterocycles. The first-order chi connectivity index (χ1) is 13.6. The third-order valence-electron chi connectivity index (χ3n) is 5.11. The maximum atomic E-state index is 12.8. The second kappa shape index (κ2) is 7.44. The van der Waals surface area contributed by atoms with E-state index in [1.807, 2.05) is 23.6 Å². The van der Waals surface area contributed by atoms with Gasteiger partial charge in [0.05, 0.1) is 18.2 Å². The molecule has 2 atom stereocenters. The topological polar surface area (TPSA) is 93.5 Å². The van der Waals surface area contributed by atoms with Crippen LogP contribution < -0.4 is 5.32 Å². The molecule has 0 unspecified atom stereocenters. The second-order valence-corrected chi connectivity index (χ2v) is 7.86. The van der Waals surface area contributed by atoms with Crippen LogP contribution in [-0.4, -0.2) is 59.2 Å². The normalized spacial score (nSPS) is 21.7. The monoisotopic (exact) mass is 394 g/mol. The van der Waals surface area contributed by atoms with Crippen molar-refractivity contribution in [1.29, 1.82) is 5.26 Å². The van der Waals surface area contributed by atoms with E-state index in [0.29, 0.717) is 30.6 Å². The molecule has 0 aliphatic carbocycles. The fourth-order valence-electron chi connectivity index (χ4n) is 3.62. The van der Waals surface area contributed by atoms with E-state index in [9.17, 15) is 14.4 Å². The van der Waals surface area contributed by atoms with E-state index >= 15 is 0 Å². The van der Waals surface area contributed by atoms with E-state index in [0.717, 1.165) is 4.88 Å². The largest absolute Gasteiger partial charge is 0.342 e. The first kappa shape index (κ1) is 18.2. The third-order valence-corrected chi connectivity index (χ3v) is 6.01. The molecule has 142 valence electrons. The Hall–Kier alpha value is -3.18. The lowest BCUT2D eigenvalue weighted by Crippen LogP contribution is -2.70. The van der Waals surface area contributed by atoms with E-state index in [4.69, 9.17) is 5.26 Å². The molecule has 28 heavy (non-hydrogen) atoms. The third kappa shape index (κ3) is 3.37. The van der Waals surface area contributed by atoms with Gasteiger partial charge in [0.15, 0.2) is 0 Å². The predicted molar refractivity (Wildman–Crippen MR) is 103 cm³/mol. The van der Waals surface area contributed by atoms with Gasteiger partial charge in [0.1, 0.15) is 12.1 Å². The standard InChI is InChI=1S/C20H18N4O3S/c21-11-13-3-5-14(6-4-13)19(26)23-7-8-24-17(12-23)18(25)22-16(20(24)27)10-15-2-1-9-28-15/h1-6,9,16-17H,7-8,10,12H2,(H,22,25)/t16-,17-/m1/s1. The highest BCUT2D eigenvalue weighted by Gasteiger charge is 2.44. The van der Waals surface area contributed by atoms with Gasteiger partial charge in [-0.3, -0.25) is 14.4 Å². The van der Waals surface area contributed by atoms with Crippen molar-refractivity contribution in [3.05, 3.63) is 57.8 Å². The van der Waals surface area contributed by atoms with Crippen molar-refractivity contribution in [3.63, 3.8) is 0 Å². The van der Waals surface area contributed by atoms with Gasteiger partial charge < -0.3 is 15.1 Å². The first-order valence-corrected chi connectivity index (χ1v) is 9.87. The summed E-state index contributed by atoms with van der Waals surface area (Å²) >= 11 is 1.56. The quantitative estimate of drug-likeness (QED) is 0.841. The molecule has 0 saturated carbocycles. The highest BCUT2D eigenvalue weighted by molar-refractivity contribution is 7.09. The summed E-state index contributed by atoms with van der Waals surface area (Å²) in [6.07, 6.45) is 0.485. The molecule has 0 bridgehead atoms. The number of carbonyl (C=O) groups excluding carboxylic acids is 3. The highest BCUT2D eigenvalue weighted by atomic mass is 32.1. The molecule has 0 spiro atoms. The number of amides is 3. The van der Waals surface area contributed by atoms with E-state index in [1.54, 1.807) is 45.4 Å². The molecule has 1 N–H and O–H groups in total. The fourth-order valence-corrected chi connectivity index (χ4v) is 4.38. The number of fused-ring (bicyclic) bond motifs is 1. The van der Waals surface area contributed by atoms with Gasteiger partial charge in [-0.15, -0.1) is 11.3 Å².